The normalized spacial score (nSPS) is 11.5. The van der Waals surface area contributed by atoms with Crippen molar-refractivity contribution in [2.75, 3.05) is 5.32 Å². The maximum atomic E-state index is 12.4. The summed E-state index contributed by atoms with van der Waals surface area (Å²) in [6.07, 6.45) is 0.551. The molecule has 1 aromatic heterocycles. The number of H-pyrrole nitrogens is 1. The van der Waals surface area contributed by atoms with Crippen LogP contribution in [0.5, 0.6) is 0 Å². The number of amides is 1. The topological polar surface area (TPSA) is 104 Å². The SMILES string of the molecule is CC(OC(=O)Nc1[nH]cnc1-c1ccc(-c2ccc(CC(=O)O)cc2)cc1)c1ccccc1. The Morgan fingerprint density at radius 2 is 1.55 bits per heavy atom. The quantitative estimate of drug-likeness (QED) is 0.342. The van der Waals surface area contributed by atoms with Crippen LogP contribution in [0.25, 0.3) is 22.4 Å². The summed E-state index contributed by atoms with van der Waals surface area (Å²) < 4.78 is 5.48. The first kappa shape index (κ1) is 21.8. The van der Waals surface area contributed by atoms with Gasteiger partial charge in [0.25, 0.3) is 0 Å². The Balaban J connectivity index is 1.44. The lowest BCUT2D eigenvalue weighted by atomic mass is 10.0. The molecule has 4 rings (SSSR count). The smallest absolute Gasteiger partial charge is 0.413 e. The Morgan fingerprint density at radius 1 is 0.939 bits per heavy atom. The van der Waals surface area contributed by atoms with E-state index in [-0.39, 0.29) is 6.42 Å². The number of carbonyl (C=O) groups excluding carboxylic acids is 1. The highest BCUT2D eigenvalue weighted by Gasteiger charge is 2.15. The van der Waals surface area contributed by atoms with Crippen LogP contribution < -0.4 is 5.32 Å². The van der Waals surface area contributed by atoms with Gasteiger partial charge in [-0.25, -0.2) is 9.78 Å². The Hall–Kier alpha value is -4.39. The minimum Gasteiger partial charge on any atom is -0.481 e. The maximum absolute atomic E-state index is 12.4. The molecule has 1 amide bonds. The van der Waals surface area contributed by atoms with Gasteiger partial charge in [-0.15, -0.1) is 0 Å². The van der Waals surface area contributed by atoms with Crippen molar-refractivity contribution in [1.29, 1.82) is 0 Å². The van der Waals surface area contributed by atoms with Gasteiger partial charge in [0, 0.05) is 5.56 Å². The van der Waals surface area contributed by atoms with Crippen molar-refractivity contribution in [1.82, 2.24) is 9.97 Å². The first-order valence-electron chi connectivity index (χ1n) is 10.5. The molecular weight excluding hydrogens is 418 g/mol. The first-order valence-corrected chi connectivity index (χ1v) is 10.5. The number of imidazole rings is 1. The van der Waals surface area contributed by atoms with E-state index in [4.69, 9.17) is 9.84 Å². The van der Waals surface area contributed by atoms with Crippen molar-refractivity contribution >= 4 is 17.9 Å². The standard InChI is InChI=1S/C26H23N3O4/c1-17(19-5-3-2-4-6-19)33-26(32)29-25-24(27-16-28-25)22-13-11-21(12-14-22)20-9-7-18(8-10-20)15-23(30)31/h2-14,16-17H,15H2,1H3,(H,27,28)(H,29,32)(H,30,31). The number of nitrogens with zero attached hydrogens (tertiary/aromatic N) is 1. The minimum atomic E-state index is -0.853. The number of benzene rings is 3. The summed E-state index contributed by atoms with van der Waals surface area (Å²) in [6, 6.07) is 24.7. The number of hydrogen-bond donors (Lipinski definition) is 3. The van der Waals surface area contributed by atoms with Crippen LogP contribution in [0.2, 0.25) is 0 Å². The average Bonchev–Trinajstić information content (AvgIpc) is 3.28. The van der Waals surface area contributed by atoms with E-state index in [0.29, 0.717) is 11.5 Å². The molecule has 0 radical (unpaired) electrons. The number of ether oxygens (including phenoxy) is 1. The molecule has 7 heteroatoms. The van der Waals surface area contributed by atoms with E-state index in [2.05, 4.69) is 15.3 Å². The highest BCUT2D eigenvalue weighted by molar-refractivity contribution is 5.89. The zero-order chi connectivity index (χ0) is 23.2. The van der Waals surface area contributed by atoms with E-state index in [1.54, 1.807) is 0 Å². The van der Waals surface area contributed by atoms with Crippen LogP contribution in [-0.4, -0.2) is 27.1 Å². The Labute approximate surface area is 191 Å². The molecule has 0 aliphatic carbocycles. The number of hydrogen-bond acceptors (Lipinski definition) is 4. The third-order valence-corrected chi connectivity index (χ3v) is 5.22. The van der Waals surface area contributed by atoms with E-state index < -0.39 is 18.2 Å². The summed E-state index contributed by atoms with van der Waals surface area (Å²) >= 11 is 0. The average molecular weight is 441 g/mol. The summed E-state index contributed by atoms with van der Waals surface area (Å²) in [5, 5.41) is 11.6. The molecule has 0 saturated carbocycles. The van der Waals surface area contributed by atoms with Crippen molar-refractivity contribution in [3.63, 3.8) is 0 Å². The molecule has 166 valence electrons. The van der Waals surface area contributed by atoms with Crippen LogP contribution in [0.15, 0.2) is 85.2 Å². The zero-order valence-corrected chi connectivity index (χ0v) is 18.0. The van der Waals surface area contributed by atoms with Crippen molar-refractivity contribution < 1.29 is 19.4 Å². The van der Waals surface area contributed by atoms with E-state index in [0.717, 1.165) is 27.8 Å². The lowest BCUT2D eigenvalue weighted by Gasteiger charge is -2.14. The predicted octanol–water partition coefficient (Wildman–Crippen LogP) is 5.68. The Morgan fingerprint density at radius 3 is 2.18 bits per heavy atom. The van der Waals surface area contributed by atoms with E-state index in [1.165, 1.54) is 6.33 Å². The molecule has 0 saturated heterocycles. The number of rotatable bonds is 7. The zero-order valence-electron chi connectivity index (χ0n) is 18.0. The van der Waals surface area contributed by atoms with Crippen LogP contribution in [0, 0.1) is 0 Å². The second-order valence-corrected chi connectivity index (χ2v) is 7.55. The summed E-state index contributed by atoms with van der Waals surface area (Å²) in [5.41, 5.74) is 5.06. The predicted molar refractivity (Wildman–Crippen MR) is 126 cm³/mol. The number of nitrogens with one attached hydrogen (secondary N) is 2. The molecule has 3 aromatic carbocycles. The van der Waals surface area contributed by atoms with E-state index in [9.17, 15) is 9.59 Å². The third-order valence-electron chi connectivity index (χ3n) is 5.22. The monoisotopic (exact) mass is 441 g/mol. The van der Waals surface area contributed by atoms with E-state index in [1.807, 2.05) is 85.8 Å². The van der Waals surface area contributed by atoms with Crippen molar-refractivity contribution in [2.45, 2.75) is 19.4 Å². The van der Waals surface area contributed by atoms with Gasteiger partial charge in [-0.3, -0.25) is 10.1 Å². The van der Waals surface area contributed by atoms with Crippen LogP contribution in [-0.2, 0) is 16.0 Å². The summed E-state index contributed by atoms with van der Waals surface area (Å²) in [6.45, 7) is 1.82. The summed E-state index contributed by atoms with van der Waals surface area (Å²) in [5.74, 6) is -0.403. The van der Waals surface area contributed by atoms with Gasteiger partial charge in [0.1, 0.15) is 17.6 Å². The molecule has 0 spiro atoms. The summed E-state index contributed by atoms with van der Waals surface area (Å²) in [7, 11) is 0. The van der Waals surface area contributed by atoms with Crippen LogP contribution in [0.4, 0.5) is 10.6 Å². The molecule has 4 aromatic rings. The highest BCUT2D eigenvalue weighted by Crippen LogP contribution is 2.28. The Bertz CT molecular complexity index is 1230. The molecule has 0 bridgehead atoms. The molecular formula is C26H23N3O4. The second-order valence-electron chi connectivity index (χ2n) is 7.55. The van der Waals surface area contributed by atoms with Gasteiger partial charge >= 0.3 is 12.1 Å². The van der Waals surface area contributed by atoms with Crippen LogP contribution in [0.1, 0.15) is 24.2 Å². The molecule has 0 aliphatic heterocycles. The fraction of sp³-hybridized carbons (Fsp3) is 0.115. The number of anilines is 1. The van der Waals surface area contributed by atoms with Crippen LogP contribution >= 0.6 is 0 Å². The lowest BCUT2D eigenvalue weighted by molar-refractivity contribution is -0.136. The molecule has 7 nitrogen and oxygen atoms in total. The van der Waals surface area contributed by atoms with Gasteiger partial charge < -0.3 is 14.8 Å². The third kappa shape index (κ3) is 5.46. The number of aliphatic carboxylic acids is 1. The maximum Gasteiger partial charge on any atom is 0.413 e. The molecule has 1 heterocycles. The second kappa shape index (κ2) is 9.82. The number of carboxylic acid groups (broad SMARTS) is 1. The number of aromatic amines is 1. The summed E-state index contributed by atoms with van der Waals surface area (Å²) in [4.78, 5) is 30.5. The molecule has 3 N–H and O–H groups in total. The lowest BCUT2D eigenvalue weighted by Crippen LogP contribution is -2.16. The first-order chi connectivity index (χ1) is 16.0. The van der Waals surface area contributed by atoms with Gasteiger partial charge in [0.15, 0.2) is 0 Å². The van der Waals surface area contributed by atoms with Gasteiger partial charge in [-0.1, -0.05) is 78.9 Å². The van der Waals surface area contributed by atoms with Gasteiger partial charge in [-0.2, -0.15) is 0 Å². The van der Waals surface area contributed by atoms with Crippen LogP contribution in [0.3, 0.4) is 0 Å². The molecule has 1 unspecified atom stereocenters. The van der Waals surface area contributed by atoms with Gasteiger partial charge in [-0.05, 0) is 29.2 Å². The Kier molecular flexibility index (Phi) is 6.50. The number of carboxylic acids is 1. The molecule has 0 aliphatic rings. The van der Waals surface area contributed by atoms with Gasteiger partial charge in [0.05, 0.1) is 12.7 Å². The van der Waals surface area contributed by atoms with E-state index >= 15 is 0 Å². The van der Waals surface area contributed by atoms with Crippen molar-refractivity contribution in [3.8, 4) is 22.4 Å². The minimum absolute atomic E-state index is 0.000709. The highest BCUT2D eigenvalue weighted by atomic mass is 16.6. The molecule has 0 fully saturated rings. The van der Waals surface area contributed by atoms with Gasteiger partial charge in [0.2, 0.25) is 0 Å². The van der Waals surface area contributed by atoms with Crippen molar-refractivity contribution in [3.05, 3.63) is 96.3 Å². The molecule has 33 heavy (non-hydrogen) atoms. The molecule has 1 atom stereocenters. The largest absolute Gasteiger partial charge is 0.481 e. The fourth-order valence-corrected chi connectivity index (χ4v) is 3.50. The van der Waals surface area contributed by atoms with Crippen molar-refractivity contribution in [2.24, 2.45) is 0 Å². The number of carbonyl (C=O) groups is 2. The number of aromatic nitrogens is 2. The fourth-order valence-electron chi connectivity index (χ4n) is 3.50.